The van der Waals surface area contributed by atoms with Crippen LogP contribution in [0.15, 0.2) is 0 Å². The first-order valence-electron chi connectivity index (χ1n) is 5.16. The molecule has 2 aliphatic rings. The number of hydrogen-bond acceptors (Lipinski definition) is 4. The van der Waals surface area contributed by atoms with Crippen molar-refractivity contribution >= 4 is 0 Å². The lowest BCUT2D eigenvalue weighted by Crippen LogP contribution is -2.34. The zero-order chi connectivity index (χ0) is 9.42. The minimum atomic E-state index is -0.243. The molecular formula is C9H18N2O2. The van der Waals surface area contributed by atoms with E-state index >= 15 is 0 Å². The van der Waals surface area contributed by atoms with Crippen LogP contribution in [-0.4, -0.2) is 38.8 Å². The van der Waals surface area contributed by atoms with E-state index in [4.69, 9.17) is 0 Å². The normalized spacial score (nSPS) is 43.2. The molecular weight excluding hydrogens is 168 g/mol. The lowest BCUT2D eigenvalue weighted by Gasteiger charge is -2.20. The first-order valence-corrected chi connectivity index (χ1v) is 5.16. The van der Waals surface area contributed by atoms with Gasteiger partial charge < -0.3 is 10.4 Å². The van der Waals surface area contributed by atoms with Crippen molar-refractivity contribution < 1.29 is 10.4 Å². The van der Waals surface area contributed by atoms with Crippen molar-refractivity contribution in [2.24, 2.45) is 0 Å². The SMILES string of the molecule is CC1N(O)[C@@H]2CCCCC[C@@H]2N1O. The summed E-state index contributed by atoms with van der Waals surface area (Å²) in [5.41, 5.74) is 0. The number of hydrogen-bond donors (Lipinski definition) is 2. The average Bonchev–Trinajstić information content (AvgIpc) is 2.40. The monoisotopic (exact) mass is 186 g/mol. The molecule has 0 radical (unpaired) electrons. The van der Waals surface area contributed by atoms with Crippen LogP contribution in [0.5, 0.6) is 0 Å². The average molecular weight is 186 g/mol. The van der Waals surface area contributed by atoms with Crippen molar-refractivity contribution in [3.05, 3.63) is 0 Å². The molecule has 0 bridgehead atoms. The highest BCUT2D eigenvalue weighted by atomic mass is 16.6. The summed E-state index contributed by atoms with van der Waals surface area (Å²) in [6.07, 6.45) is 5.32. The van der Waals surface area contributed by atoms with Crippen molar-refractivity contribution in [3.8, 4) is 0 Å². The highest BCUT2D eigenvalue weighted by Gasteiger charge is 2.44. The van der Waals surface area contributed by atoms with E-state index in [9.17, 15) is 10.4 Å². The Kier molecular flexibility index (Phi) is 2.55. The Balaban J connectivity index is 2.13. The zero-order valence-corrected chi connectivity index (χ0v) is 8.06. The van der Waals surface area contributed by atoms with Crippen LogP contribution in [0.4, 0.5) is 0 Å². The number of hydroxylamine groups is 4. The molecule has 0 aromatic heterocycles. The minimum absolute atomic E-state index is 0.141. The Morgan fingerprint density at radius 2 is 1.38 bits per heavy atom. The van der Waals surface area contributed by atoms with E-state index in [0.29, 0.717) is 0 Å². The number of rotatable bonds is 0. The van der Waals surface area contributed by atoms with E-state index in [2.05, 4.69) is 0 Å². The van der Waals surface area contributed by atoms with Crippen LogP contribution < -0.4 is 0 Å². The van der Waals surface area contributed by atoms with Crippen molar-refractivity contribution in [1.29, 1.82) is 0 Å². The van der Waals surface area contributed by atoms with Gasteiger partial charge in [-0.25, -0.2) is 0 Å². The summed E-state index contributed by atoms with van der Waals surface area (Å²) in [5.74, 6) is 0. The van der Waals surface area contributed by atoms with Crippen LogP contribution in [0.25, 0.3) is 0 Å². The molecule has 76 valence electrons. The summed E-state index contributed by atoms with van der Waals surface area (Å²) >= 11 is 0. The molecule has 3 atom stereocenters. The smallest absolute Gasteiger partial charge is 0.108 e. The van der Waals surface area contributed by atoms with Gasteiger partial charge in [0, 0.05) is 0 Å². The van der Waals surface area contributed by atoms with Crippen molar-refractivity contribution in [3.63, 3.8) is 0 Å². The van der Waals surface area contributed by atoms with Crippen LogP contribution in [-0.2, 0) is 0 Å². The van der Waals surface area contributed by atoms with Gasteiger partial charge in [-0.15, -0.1) is 0 Å². The van der Waals surface area contributed by atoms with Crippen LogP contribution >= 0.6 is 0 Å². The molecule has 2 N–H and O–H groups in total. The summed E-state index contributed by atoms with van der Waals surface area (Å²) < 4.78 is 0. The van der Waals surface area contributed by atoms with E-state index in [-0.39, 0.29) is 18.2 Å². The standard InChI is InChI=1S/C9H18N2O2/c1-7-10(12)8-5-3-2-4-6-9(8)11(7)13/h7-9,12-13H,2-6H2,1H3/t7?,8-,9+. The molecule has 1 aliphatic carbocycles. The van der Waals surface area contributed by atoms with Crippen LogP contribution in [0.2, 0.25) is 0 Å². The van der Waals surface area contributed by atoms with Crippen molar-refractivity contribution in [2.45, 2.75) is 57.3 Å². The molecule has 0 amide bonds. The Morgan fingerprint density at radius 3 is 1.85 bits per heavy atom. The van der Waals surface area contributed by atoms with Gasteiger partial charge in [-0.2, -0.15) is 10.1 Å². The van der Waals surface area contributed by atoms with Gasteiger partial charge in [0.2, 0.25) is 0 Å². The van der Waals surface area contributed by atoms with Gasteiger partial charge >= 0.3 is 0 Å². The van der Waals surface area contributed by atoms with E-state index in [1.807, 2.05) is 6.92 Å². The Labute approximate surface area is 78.7 Å². The fourth-order valence-electron chi connectivity index (χ4n) is 2.56. The summed E-state index contributed by atoms with van der Waals surface area (Å²) in [5, 5.41) is 22.1. The molecule has 2 rings (SSSR count). The Morgan fingerprint density at radius 1 is 0.923 bits per heavy atom. The molecule has 1 saturated heterocycles. The van der Waals surface area contributed by atoms with Crippen LogP contribution in [0.3, 0.4) is 0 Å². The fraction of sp³-hybridized carbons (Fsp3) is 1.00. The molecule has 1 aliphatic heterocycles. The third-order valence-corrected chi connectivity index (χ3v) is 3.39. The van der Waals surface area contributed by atoms with Gasteiger partial charge in [-0.1, -0.05) is 19.3 Å². The maximum Gasteiger partial charge on any atom is 0.108 e. The Bertz CT molecular complexity index is 170. The summed E-state index contributed by atoms with van der Waals surface area (Å²) in [4.78, 5) is 0. The van der Waals surface area contributed by atoms with Gasteiger partial charge in [-0.3, -0.25) is 0 Å². The van der Waals surface area contributed by atoms with E-state index in [0.717, 1.165) is 12.8 Å². The van der Waals surface area contributed by atoms with Crippen LogP contribution in [0, 0.1) is 0 Å². The molecule has 4 heteroatoms. The predicted octanol–water partition coefficient (Wildman–Crippen LogP) is 1.43. The predicted molar refractivity (Wildman–Crippen MR) is 47.4 cm³/mol. The third kappa shape index (κ3) is 1.48. The van der Waals surface area contributed by atoms with Gasteiger partial charge in [0.1, 0.15) is 6.17 Å². The second kappa shape index (κ2) is 3.53. The fourth-order valence-corrected chi connectivity index (χ4v) is 2.56. The molecule has 0 aromatic rings. The highest BCUT2D eigenvalue weighted by Crippen LogP contribution is 2.32. The van der Waals surface area contributed by atoms with Crippen LogP contribution in [0.1, 0.15) is 39.0 Å². The number of fused-ring (bicyclic) bond motifs is 1. The molecule has 0 spiro atoms. The van der Waals surface area contributed by atoms with E-state index < -0.39 is 0 Å². The zero-order valence-electron chi connectivity index (χ0n) is 8.06. The Hall–Kier alpha value is -0.160. The van der Waals surface area contributed by atoms with E-state index in [1.165, 1.54) is 29.4 Å². The maximum absolute atomic E-state index is 9.72. The van der Waals surface area contributed by atoms with Crippen molar-refractivity contribution in [1.82, 2.24) is 10.1 Å². The molecule has 4 nitrogen and oxygen atoms in total. The first-order chi connectivity index (χ1) is 6.22. The summed E-state index contributed by atoms with van der Waals surface area (Å²) in [6, 6.07) is 0.282. The summed E-state index contributed by atoms with van der Waals surface area (Å²) in [6.45, 7) is 1.83. The minimum Gasteiger partial charge on any atom is -0.312 e. The first kappa shape index (κ1) is 9.40. The topological polar surface area (TPSA) is 46.9 Å². The lowest BCUT2D eigenvalue weighted by molar-refractivity contribution is -0.202. The number of nitrogens with zero attached hydrogens (tertiary/aromatic N) is 2. The second-order valence-electron chi connectivity index (χ2n) is 4.16. The molecule has 13 heavy (non-hydrogen) atoms. The van der Waals surface area contributed by atoms with Gasteiger partial charge in [0.05, 0.1) is 12.1 Å². The van der Waals surface area contributed by atoms with E-state index in [1.54, 1.807) is 0 Å². The molecule has 1 heterocycles. The molecule has 1 saturated carbocycles. The largest absolute Gasteiger partial charge is 0.312 e. The molecule has 2 fully saturated rings. The second-order valence-corrected chi connectivity index (χ2v) is 4.16. The van der Waals surface area contributed by atoms with Gasteiger partial charge in [-0.05, 0) is 19.8 Å². The molecule has 0 aromatic carbocycles. The van der Waals surface area contributed by atoms with Crippen molar-refractivity contribution in [2.75, 3.05) is 0 Å². The maximum atomic E-state index is 9.72. The summed E-state index contributed by atoms with van der Waals surface area (Å²) in [7, 11) is 0. The lowest BCUT2D eigenvalue weighted by atomic mass is 10.1. The quantitative estimate of drug-likeness (QED) is 0.601. The van der Waals surface area contributed by atoms with Gasteiger partial charge in [0.15, 0.2) is 0 Å². The highest BCUT2D eigenvalue weighted by molar-refractivity contribution is 4.91. The van der Waals surface area contributed by atoms with Gasteiger partial charge in [0.25, 0.3) is 0 Å². The third-order valence-electron chi connectivity index (χ3n) is 3.39. The molecule has 1 unspecified atom stereocenters.